The van der Waals surface area contributed by atoms with Crippen LogP contribution in [-0.2, 0) is 4.74 Å². The summed E-state index contributed by atoms with van der Waals surface area (Å²) in [6.45, 7) is 3.03. The van der Waals surface area contributed by atoms with Gasteiger partial charge >= 0.3 is 76.1 Å². The van der Waals surface area contributed by atoms with Crippen molar-refractivity contribution in [2.75, 3.05) is 6.61 Å². The van der Waals surface area contributed by atoms with Crippen LogP contribution in [0.5, 0.6) is 0 Å². The summed E-state index contributed by atoms with van der Waals surface area (Å²) in [5, 5.41) is 0. The van der Waals surface area contributed by atoms with E-state index >= 15 is 0 Å². The summed E-state index contributed by atoms with van der Waals surface area (Å²) in [7, 11) is 0. The summed E-state index contributed by atoms with van der Waals surface area (Å²) in [6, 6.07) is 0. The second-order valence-electron chi connectivity index (χ2n) is 3.26. The predicted octanol–water partition coefficient (Wildman–Crippen LogP) is 1.22. The van der Waals surface area contributed by atoms with Crippen LogP contribution in [0, 0.1) is 0 Å². The van der Waals surface area contributed by atoms with Crippen molar-refractivity contribution in [3.63, 3.8) is 0 Å². The van der Waals surface area contributed by atoms with Crippen molar-refractivity contribution in [1.29, 1.82) is 0 Å². The third kappa shape index (κ3) is 3.30. The maximum absolute atomic E-state index is 9.76. The minimum absolute atomic E-state index is 0.338. The number of hydrogen-bond donors (Lipinski definition) is 1. The van der Waals surface area contributed by atoms with Gasteiger partial charge in [-0.3, -0.25) is 0 Å². The van der Waals surface area contributed by atoms with Crippen LogP contribution in [0.15, 0.2) is 0 Å². The first kappa shape index (κ1) is 9.80. The third-order valence-corrected chi connectivity index (χ3v) is 9.51. The molecule has 1 aliphatic rings. The summed E-state index contributed by atoms with van der Waals surface area (Å²) in [5.74, 6) is 0. The summed E-state index contributed by atoms with van der Waals surface area (Å²) >= 11 is -2.16. The third-order valence-electron chi connectivity index (χ3n) is 2.23. The van der Waals surface area contributed by atoms with Crippen molar-refractivity contribution in [2.24, 2.45) is 0 Å². The van der Waals surface area contributed by atoms with E-state index < -0.39 is 20.2 Å². The van der Waals surface area contributed by atoms with Gasteiger partial charge in [-0.15, -0.1) is 0 Å². The average molecular weight is 265 g/mol. The zero-order chi connectivity index (χ0) is 8.10. The summed E-state index contributed by atoms with van der Waals surface area (Å²) in [6.07, 6.45) is 4.73. The van der Waals surface area contributed by atoms with Crippen LogP contribution in [-0.4, -0.2) is 34.3 Å². The summed E-state index contributed by atoms with van der Waals surface area (Å²) in [5.41, 5.74) is 0. The Labute approximate surface area is 76.2 Å². The predicted molar refractivity (Wildman–Crippen MR) is 48.1 cm³/mol. The Morgan fingerprint density at radius 3 is 2.91 bits per heavy atom. The molecule has 11 heavy (non-hydrogen) atoms. The van der Waals surface area contributed by atoms with E-state index in [9.17, 15) is 3.44 Å². The van der Waals surface area contributed by atoms with E-state index in [4.69, 9.17) is 4.74 Å². The molecular weight excluding hydrogens is 247 g/mol. The first-order valence-electron chi connectivity index (χ1n) is 4.64. The fraction of sp³-hybridized carbons (Fsp3) is 1.00. The second kappa shape index (κ2) is 5.38. The maximum atomic E-state index is 9.76. The molecule has 2 atom stereocenters. The van der Waals surface area contributed by atoms with Gasteiger partial charge in [-0.05, 0) is 0 Å². The van der Waals surface area contributed by atoms with Gasteiger partial charge in [0.15, 0.2) is 0 Å². The summed E-state index contributed by atoms with van der Waals surface area (Å²) in [4.78, 5) is 0. The van der Waals surface area contributed by atoms with Crippen LogP contribution >= 0.6 is 0 Å². The Hall–Kier alpha value is 0.719. The van der Waals surface area contributed by atoms with E-state index in [1.54, 1.807) is 0 Å². The van der Waals surface area contributed by atoms with Crippen molar-refractivity contribution < 1.29 is 8.18 Å². The zero-order valence-corrected chi connectivity index (χ0v) is 10.5. The molecule has 1 rings (SSSR count). The van der Waals surface area contributed by atoms with Gasteiger partial charge in [0.25, 0.3) is 0 Å². The molecule has 1 heterocycles. The van der Waals surface area contributed by atoms with E-state index in [0.29, 0.717) is 4.12 Å². The molecule has 0 spiro atoms. The molecule has 66 valence electrons. The molecule has 0 aromatic heterocycles. The van der Waals surface area contributed by atoms with Gasteiger partial charge in [0.1, 0.15) is 0 Å². The number of hydrogen-bond acceptors (Lipinski definition) is 2. The van der Waals surface area contributed by atoms with E-state index in [-0.39, 0.29) is 0 Å². The molecule has 3 heteroatoms. The van der Waals surface area contributed by atoms with Gasteiger partial charge < -0.3 is 0 Å². The van der Waals surface area contributed by atoms with E-state index in [1.165, 1.54) is 12.8 Å². The van der Waals surface area contributed by atoms with E-state index in [1.807, 2.05) is 0 Å². The quantitative estimate of drug-likeness (QED) is 0.777. The standard InChI is InChI=1S/C5H9O.C3H7.H2O.Sn.H/c1-2-4-6-5-3-1;1-3-2;;;/h4H,1-3,5H2;1,3H2,2H3;1H2;;/q;;;+1;/p-1. The second-order valence-corrected chi connectivity index (χ2v) is 10.3. The zero-order valence-electron chi connectivity index (χ0n) is 7.25. The molecule has 1 aliphatic heterocycles. The van der Waals surface area contributed by atoms with Crippen LogP contribution in [0.2, 0.25) is 4.44 Å². The molecule has 2 unspecified atom stereocenters. The van der Waals surface area contributed by atoms with E-state index in [0.717, 1.165) is 23.9 Å². The Bertz CT molecular complexity index is 102. The van der Waals surface area contributed by atoms with Crippen LogP contribution in [0.3, 0.4) is 0 Å². The Balaban J connectivity index is 2.21. The monoisotopic (exact) mass is 266 g/mol. The fourth-order valence-corrected chi connectivity index (χ4v) is 7.09. The molecule has 0 aromatic carbocycles. The van der Waals surface area contributed by atoms with Crippen LogP contribution in [0.4, 0.5) is 0 Å². The van der Waals surface area contributed by atoms with Crippen molar-refractivity contribution in [3.05, 3.63) is 0 Å². The Morgan fingerprint density at radius 1 is 1.55 bits per heavy atom. The van der Waals surface area contributed by atoms with Gasteiger partial charge in [-0.2, -0.15) is 0 Å². The van der Waals surface area contributed by atoms with Crippen LogP contribution < -0.4 is 0 Å². The minimum atomic E-state index is -2.16. The molecule has 0 aliphatic carbocycles. The van der Waals surface area contributed by atoms with Gasteiger partial charge in [0.2, 0.25) is 0 Å². The molecule has 0 amide bonds. The van der Waals surface area contributed by atoms with Gasteiger partial charge in [0, 0.05) is 0 Å². The van der Waals surface area contributed by atoms with Crippen LogP contribution in [0.25, 0.3) is 0 Å². The van der Waals surface area contributed by atoms with Crippen molar-refractivity contribution >= 4 is 20.2 Å². The van der Waals surface area contributed by atoms with E-state index in [2.05, 4.69) is 6.92 Å². The first-order valence-corrected chi connectivity index (χ1v) is 10.3. The topological polar surface area (TPSA) is 29.5 Å². The number of ether oxygens (including phenoxy) is 1. The molecule has 1 fully saturated rings. The van der Waals surface area contributed by atoms with Crippen molar-refractivity contribution in [3.8, 4) is 0 Å². The molecule has 2 nitrogen and oxygen atoms in total. The van der Waals surface area contributed by atoms with Crippen molar-refractivity contribution in [2.45, 2.75) is 41.2 Å². The molecule has 0 aromatic rings. The number of rotatable bonds is 3. The molecular formula is C8H18O2Sn. The van der Waals surface area contributed by atoms with Gasteiger partial charge in [-0.1, -0.05) is 0 Å². The Morgan fingerprint density at radius 2 is 2.36 bits per heavy atom. The first-order chi connectivity index (χ1) is 5.34. The Kier molecular flexibility index (Phi) is 4.79. The van der Waals surface area contributed by atoms with Gasteiger partial charge in [0.05, 0.1) is 0 Å². The van der Waals surface area contributed by atoms with Crippen LogP contribution in [0.1, 0.15) is 32.6 Å². The molecule has 0 bridgehead atoms. The fourth-order valence-electron chi connectivity index (χ4n) is 1.55. The normalized spacial score (nSPS) is 28.4. The molecule has 1 N–H and O–H groups in total. The summed E-state index contributed by atoms with van der Waals surface area (Å²) < 4.78 is 16.7. The van der Waals surface area contributed by atoms with Gasteiger partial charge in [-0.25, -0.2) is 0 Å². The molecule has 1 saturated heterocycles. The van der Waals surface area contributed by atoms with Crippen molar-refractivity contribution in [1.82, 2.24) is 0 Å². The average Bonchev–Trinajstić information content (AvgIpc) is 2.07. The molecule has 0 radical (unpaired) electrons. The molecule has 0 saturated carbocycles. The SMILES string of the molecule is CC[CH2][SnH]([OH])[CH]1CCCCO1.